The molecule has 1 aliphatic rings. The summed E-state index contributed by atoms with van der Waals surface area (Å²) in [5.74, 6) is -2.51. The third kappa shape index (κ3) is 11.4. The van der Waals surface area contributed by atoms with Gasteiger partial charge in [-0.05, 0) is 29.3 Å². The quantitative estimate of drug-likeness (QED) is 0.343. The summed E-state index contributed by atoms with van der Waals surface area (Å²) in [5, 5.41) is 15.6. The molecule has 1 heterocycles. The number of carboxylic acids is 2. The molecule has 0 amide bonds. The second-order valence-electron chi connectivity index (χ2n) is 9.03. The van der Waals surface area contributed by atoms with Crippen molar-refractivity contribution in [3.05, 3.63) is 132 Å². The van der Waals surface area contributed by atoms with Crippen LogP contribution in [0.4, 0.5) is 0 Å². The number of allylic oxidation sites excluding steroid dienone is 1. The normalized spacial score (nSPS) is 13.9. The van der Waals surface area contributed by atoms with Crippen LogP contribution in [0.5, 0.6) is 0 Å². The van der Waals surface area contributed by atoms with Gasteiger partial charge in [-0.15, -0.1) is 0 Å². The van der Waals surface area contributed by atoms with E-state index in [4.69, 9.17) is 14.9 Å². The second-order valence-corrected chi connectivity index (χ2v) is 9.03. The van der Waals surface area contributed by atoms with E-state index >= 15 is 0 Å². The molecule has 1 aliphatic heterocycles. The van der Waals surface area contributed by atoms with Gasteiger partial charge >= 0.3 is 11.9 Å². The minimum absolute atomic E-state index is 0.00962. The molecule has 0 radical (unpaired) electrons. The number of aliphatic carboxylic acids is 2. The monoisotopic (exact) mass is 528 g/mol. The number of hydrogen-bond acceptors (Lipinski definition) is 5. The highest BCUT2D eigenvalue weighted by Crippen LogP contribution is 2.25. The highest BCUT2D eigenvalue weighted by atomic mass is 16.5. The van der Waals surface area contributed by atoms with E-state index in [1.807, 2.05) is 0 Å². The van der Waals surface area contributed by atoms with E-state index in [0.717, 1.165) is 45.8 Å². The molecule has 204 valence electrons. The molecule has 0 aromatic heterocycles. The van der Waals surface area contributed by atoms with Crippen LogP contribution in [0.2, 0.25) is 0 Å². The van der Waals surface area contributed by atoms with Crippen molar-refractivity contribution in [3.8, 4) is 0 Å². The Balaban J connectivity index is 0.000000459. The van der Waals surface area contributed by atoms with Gasteiger partial charge in [-0.1, -0.05) is 97.1 Å². The lowest BCUT2D eigenvalue weighted by Crippen LogP contribution is -2.45. The van der Waals surface area contributed by atoms with Crippen LogP contribution in [-0.2, 0) is 20.7 Å². The first kappa shape index (κ1) is 29.4. The summed E-state index contributed by atoms with van der Waals surface area (Å²) in [6.45, 7) is 6.02. The molecular weight excluding hydrogens is 492 g/mol. The topological polar surface area (TPSA) is 90.3 Å². The summed E-state index contributed by atoms with van der Waals surface area (Å²) in [6, 6.07) is 31.7. The lowest BCUT2D eigenvalue weighted by molar-refractivity contribution is -0.134. The number of piperazine rings is 1. The molecule has 0 aliphatic carbocycles. The zero-order chi connectivity index (χ0) is 27.7. The van der Waals surface area contributed by atoms with Crippen molar-refractivity contribution in [3.63, 3.8) is 0 Å². The van der Waals surface area contributed by atoms with Gasteiger partial charge in [-0.25, -0.2) is 9.59 Å². The first-order valence-electron chi connectivity index (χ1n) is 13.0. The average Bonchev–Trinajstić information content (AvgIpc) is 2.97. The number of hydrogen-bond donors (Lipinski definition) is 2. The summed E-state index contributed by atoms with van der Waals surface area (Å²) in [5.41, 5.74) is 3.78. The van der Waals surface area contributed by atoms with Crippen molar-refractivity contribution >= 4 is 11.9 Å². The molecule has 2 N–H and O–H groups in total. The minimum Gasteiger partial charge on any atom is -0.478 e. The fraction of sp³-hybridized carbons (Fsp3) is 0.250. The van der Waals surface area contributed by atoms with Crippen LogP contribution in [0, 0.1) is 0 Å². The fourth-order valence-corrected chi connectivity index (χ4v) is 4.17. The molecule has 4 rings (SSSR count). The number of benzene rings is 3. The predicted molar refractivity (Wildman–Crippen MR) is 152 cm³/mol. The van der Waals surface area contributed by atoms with Crippen LogP contribution in [0.1, 0.15) is 22.8 Å². The summed E-state index contributed by atoms with van der Waals surface area (Å²) in [4.78, 5) is 24.0. The maximum absolute atomic E-state index is 9.55. The van der Waals surface area contributed by atoms with E-state index in [0.29, 0.717) is 12.2 Å². The molecule has 3 aromatic carbocycles. The minimum atomic E-state index is -1.26. The first-order chi connectivity index (χ1) is 19.0. The third-order valence-electron chi connectivity index (χ3n) is 6.18. The lowest BCUT2D eigenvalue weighted by atomic mass is 10.0. The SMILES string of the molecule is C(=C\N1CCN(CCOC(c2ccccc2)c2ccccc2)CC1)/Cc1ccccc1.O=C(O)/C=C/C(=O)O. The molecule has 3 aromatic rings. The summed E-state index contributed by atoms with van der Waals surface area (Å²) >= 11 is 0. The van der Waals surface area contributed by atoms with Crippen LogP contribution < -0.4 is 0 Å². The smallest absolute Gasteiger partial charge is 0.328 e. The Morgan fingerprint density at radius 1 is 0.744 bits per heavy atom. The fourth-order valence-electron chi connectivity index (χ4n) is 4.17. The second kappa shape index (κ2) is 16.6. The summed E-state index contributed by atoms with van der Waals surface area (Å²) in [6.07, 6.45) is 6.64. The van der Waals surface area contributed by atoms with Gasteiger partial charge in [0.1, 0.15) is 6.10 Å². The van der Waals surface area contributed by atoms with E-state index in [-0.39, 0.29) is 6.10 Å². The van der Waals surface area contributed by atoms with Gasteiger partial charge < -0.3 is 19.8 Å². The number of nitrogens with zero attached hydrogens (tertiary/aromatic N) is 2. The molecule has 1 saturated heterocycles. The van der Waals surface area contributed by atoms with Crippen LogP contribution in [0.25, 0.3) is 0 Å². The predicted octanol–water partition coefficient (Wildman–Crippen LogP) is 4.88. The maximum Gasteiger partial charge on any atom is 0.328 e. The van der Waals surface area contributed by atoms with Crippen molar-refractivity contribution < 1.29 is 24.5 Å². The average molecular weight is 529 g/mol. The van der Waals surface area contributed by atoms with E-state index in [2.05, 4.69) is 113 Å². The van der Waals surface area contributed by atoms with Crippen LogP contribution >= 0.6 is 0 Å². The molecule has 0 atom stereocenters. The number of carboxylic acid groups (broad SMARTS) is 2. The van der Waals surface area contributed by atoms with E-state index < -0.39 is 11.9 Å². The van der Waals surface area contributed by atoms with Gasteiger partial charge in [-0.3, -0.25) is 4.90 Å². The van der Waals surface area contributed by atoms with E-state index in [1.165, 1.54) is 16.7 Å². The summed E-state index contributed by atoms with van der Waals surface area (Å²) < 4.78 is 6.39. The van der Waals surface area contributed by atoms with Crippen LogP contribution in [0.3, 0.4) is 0 Å². The van der Waals surface area contributed by atoms with Gasteiger partial charge in [0.15, 0.2) is 0 Å². The molecule has 1 fully saturated rings. The first-order valence-corrected chi connectivity index (χ1v) is 13.0. The molecule has 0 bridgehead atoms. The molecule has 7 heteroatoms. The van der Waals surface area contributed by atoms with Crippen molar-refractivity contribution in [1.29, 1.82) is 0 Å². The highest BCUT2D eigenvalue weighted by molar-refractivity contribution is 5.89. The van der Waals surface area contributed by atoms with E-state index in [9.17, 15) is 9.59 Å². The number of ether oxygens (including phenoxy) is 1. The number of rotatable bonds is 11. The standard InChI is InChI=1S/C28H32N2O.C4H4O4/c1-4-11-25(12-5-1)13-10-18-29-19-21-30(22-20-29)23-24-31-28(26-14-6-2-7-15-26)27-16-8-3-9-17-27;5-3(6)1-2-4(7)8/h1-12,14-18,28H,13,19-24H2;1-2H,(H,5,6)(H,7,8)/b18-10+;2-1+. The molecule has 39 heavy (non-hydrogen) atoms. The van der Waals surface area contributed by atoms with Gasteiger partial charge in [0, 0.05) is 44.9 Å². The number of carbonyl (C=O) groups is 2. The molecule has 0 spiro atoms. The van der Waals surface area contributed by atoms with Crippen molar-refractivity contribution in [1.82, 2.24) is 9.80 Å². The Hall–Kier alpha value is -4.20. The van der Waals surface area contributed by atoms with Gasteiger partial charge in [0.05, 0.1) is 6.61 Å². The zero-order valence-electron chi connectivity index (χ0n) is 22.0. The molecule has 0 saturated carbocycles. The highest BCUT2D eigenvalue weighted by Gasteiger charge is 2.17. The maximum atomic E-state index is 9.55. The Bertz CT molecular complexity index is 1120. The van der Waals surface area contributed by atoms with Gasteiger partial charge in [0.25, 0.3) is 0 Å². The zero-order valence-corrected chi connectivity index (χ0v) is 22.0. The Kier molecular flexibility index (Phi) is 12.5. The lowest BCUT2D eigenvalue weighted by Gasteiger charge is -2.34. The van der Waals surface area contributed by atoms with Crippen LogP contribution in [0.15, 0.2) is 115 Å². The third-order valence-corrected chi connectivity index (χ3v) is 6.18. The van der Waals surface area contributed by atoms with Crippen molar-refractivity contribution in [2.75, 3.05) is 39.3 Å². The van der Waals surface area contributed by atoms with Gasteiger partial charge in [-0.2, -0.15) is 0 Å². The van der Waals surface area contributed by atoms with Crippen LogP contribution in [-0.4, -0.2) is 71.3 Å². The Labute approximate surface area is 230 Å². The van der Waals surface area contributed by atoms with Crippen molar-refractivity contribution in [2.45, 2.75) is 12.5 Å². The largest absolute Gasteiger partial charge is 0.478 e. The Morgan fingerprint density at radius 2 is 1.23 bits per heavy atom. The molecule has 0 unspecified atom stereocenters. The molecular formula is C32H36N2O5. The van der Waals surface area contributed by atoms with E-state index in [1.54, 1.807) is 0 Å². The summed E-state index contributed by atoms with van der Waals surface area (Å²) in [7, 11) is 0. The van der Waals surface area contributed by atoms with Crippen molar-refractivity contribution in [2.24, 2.45) is 0 Å². The molecule has 7 nitrogen and oxygen atoms in total. The Morgan fingerprint density at radius 3 is 1.72 bits per heavy atom. The van der Waals surface area contributed by atoms with Gasteiger partial charge in [0.2, 0.25) is 0 Å².